The molecule has 6 heteroatoms. The number of rotatable bonds is 11. The van der Waals surface area contributed by atoms with E-state index in [9.17, 15) is 0 Å². The van der Waals surface area contributed by atoms with Crippen LogP contribution in [0.1, 0.15) is 24.8 Å². The summed E-state index contributed by atoms with van der Waals surface area (Å²) in [5, 5.41) is 3.48. The van der Waals surface area contributed by atoms with E-state index in [2.05, 4.69) is 32.3 Å². The minimum absolute atomic E-state index is 0.512. The largest absolute Gasteiger partial charge is 0.475 e. The number of hydrogen-bond acceptors (Lipinski definition) is 5. The minimum Gasteiger partial charge on any atom is -0.475 e. The molecule has 0 saturated heterocycles. The Bertz CT molecular complexity index is 427. The average molecular weight is 359 g/mol. The highest BCUT2D eigenvalue weighted by molar-refractivity contribution is 9.10. The molecule has 0 atom stereocenters. The monoisotopic (exact) mass is 358 g/mol. The van der Waals surface area contributed by atoms with Gasteiger partial charge in [0.05, 0.1) is 6.61 Å². The molecule has 2 rings (SSSR count). The van der Waals surface area contributed by atoms with Crippen LogP contribution in [-0.2, 0) is 16.0 Å². The van der Waals surface area contributed by atoms with Crippen molar-refractivity contribution in [3.8, 4) is 5.88 Å². The maximum absolute atomic E-state index is 5.72. The van der Waals surface area contributed by atoms with Crippen LogP contribution in [0, 0.1) is 0 Å². The maximum atomic E-state index is 5.72. The zero-order chi connectivity index (χ0) is 14.9. The molecule has 1 N–H and O–H groups in total. The topological polar surface area (TPSA) is 52.6 Å². The van der Waals surface area contributed by atoms with E-state index in [0.717, 1.165) is 29.6 Å². The maximum Gasteiger partial charge on any atom is 0.217 e. The van der Waals surface area contributed by atoms with E-state index in [4.69, 9.17) is 14.2 Å². The van der Waals surface area contributed by atoms with E-state index in [-0.39, 0.29) is 0 Å². The van der Waals surface area contributed by atoms with E-state index in [1.807, 2.05) is 0 Å². The third-order valence-corrected chi connectivity index (χ3v) is 3.59. The van der Waals surface area contributed by atoms with E-state index < -0.39 is 0 Å². The Morgan fingerprint density at radius 1 is 1.29 bits per heavy atom. The predicted molar refractivity (Wildman–Crippen MR) is 84.6 cm³/mol. The van der Waals surface area contributed by atoms with Crippen molar-refractivity contribution >= 4 is 15.9 Å². The van der Waals surface area contributed by atoms with Crippen molar-refractivity contribution in [1.82, 2.24) is 10.3 Å². The van der Waals surface area contributed by atoms with Crippen LogP contribution in [0.25, 0.3) is 0 Å². The first-order valence-electron chi connectivity index (χ1n) is 7.37. The van der Waals surface area contributed by atoms with Crippen LogP contribution in [-0.4, -0.2) is 44.6 Å². The number of nitrogens with zero attached hydrogens (tertiary/aromatic N) is 1. The second-order valence-electron chi connectivity index (χ2n) is 5.08. The van der Waals surface area contributed by atoms with Gasteiger partial charge in [-0.2, -0.15) is 0 Å². The first kappa shape index (κ1) is 16.7. The Labute approximate surface area is 134 Å². The fourth-order valence-corrected chi connectivity index (χ4v) is 2.25. The molecule has 1 aliphatic rings. The van der Waals surface area contributed by atoms with Crippen LogP contribution in [0.2, 0.25) is 0 Å². The van der Waals surface area contributed by atoms with E-state index >= 15 is 0 Å². The molecule has 5 nitrogen and oxygen atoms in total. The standard InChI is InChI=1S/C15H23BrN2O3/c1-19-5-2-6-20-7-8-21-15-12(9-13(16)11-18-15)10-17-14-3-4-14/h9,11,14,17H,2-8,10H2,1H3. The zero-order valence-corrected chi connectivity index (χ0v) is 14.0. The molecule has 0 radical (unpaired) electrons. The van der Waals surface area contributed by atoms with Crippen molar-refractivity contribution in [2.24, 2.45) is 0 Å². The van der Waals surface area contributed by atoms with Crippen molar-refractivity contribution in [2.75, 3.05) is 33.5 Å². The zero-order valence-electron chi connectivity index (χ0n) is 12.4. The molecule has 0 aliphatic heterocycles. The molecule has 1 aromatic heterocycles. The molecule has 0 amide bonds. The summed E-state index contributed by atoms with van der Waals surface area (Å²) in [5.74, 6) is 0.687. The Kier molecular flexibility index (Phi) is 7.43. The van der Waals surface area contributed by atoms with Gasteiger partial charge in [0.2, 0.25) is 5.88 Å². The summed E-state index contributed by atoms with van der Waals surface area (Å²) in [6.45, 7) is 3.29. The number of halogens is 1. The van der Waals surface area contributed by atoms with Gasteiger partial charge in [-0.3, -0.25) is 0 Å². The van der Waals surface area contributed by atoms with E-state index in [1.54, 1.807) is 13.3 Å². The number of ether oxygens (including phenoxy) is 3. The van der Waals surface area contributed by atoms with Crippen molar-refractivity contribution < 1.29 is 14.2 Å². The van der Waals surface area contributed by atoms with Crippen LogP contribution in [0.5, 0.6) is 5.88 Å². The normalized spacial score (nSPS) is 14.4. The quantitative estimate of drug-likeness (QED) is 0.616. The first-order chi connectivity index (χ1) is 10.3. The molecule has 1 fully saturated rings. The molecule has 0 unspecified atom stereocenters. The Hall–Kier alpha value is -0.690. The molecule has 1 aliphatic carbocycles. The molecule has 0 bridgehead atoms. The van der Waals surface area contributed by atoms with Crippen molar-refractivity contribution in [2.45, 2.75) is 31.8 Å². The number of hydrogen-bond donors (Lipinski definition) is 1. The van der Waals surface area contributed by atoms with E-state index in [1.165, 1.54) is 12.8 Å². The van der Waals surface area contributed by atoms with Crippen molar-refractivity contribution in [1.29, 1.82) is 0 Å². The van der Waals surface area contributed by atoms with Crippen LogP contribution in [0.3, 0.4) is 0 Å². The van der Waals surface area contributed by atoms with E-state index in [0.29, 0.717) is 31.7 Å². The molecule has 118 valence electrons. The van der Waals surface area contributed by atoms with Crippen molar-refractivity contribution in [3.63, 3.8) is 0 Å². The molecule has 0 aromatic carbocycles. The van der Waals surface area contributed by atoms with Gasteiger partial charge < -0.3 is 19.5 Å². The number of aromatic nitrogens is 1. The fourth-order valence-electron chi connectivity index (χ4n) is 1.87. The van der Waals surface area contributed by atoms with Gasteiger partial charge in [-0.1, -0.05) is 0 Å². The van der Waals surface area contributed by atoms with Gasteiger partial charge in [0.25, 0.3) is 0 Å². The summed E-state index contributed by atoms with van der Waals surface area (Å²) in [5.41, 5.74) is 1.08. The van der Waals surface area contributed by atoms with Crippen LogP contribution >= 0.6 is 15.9 Å². The van der Waals surface area contributed by atoms with Gasteiger partial charge in [0, 0.05) is 49.1 Å². The van der Waals surface area contributed by atoms with Crippen LogP contribution in [0.15, 0.2) is 16.7 Å². The lowest BCUT2D eigenvalue weighted by molar-refractivity contribution is 0.0792. The fraction of sp³-hybridized carbons (Fsp3) is 0.667. The Morgan fingerprint density at radius 2 is 2.14 bits per heavy atom. The van der Waals surface area contributed by atoms with Gasteiger partial charge in [0.1, 0.15) is 6.61 Å². The molecule has 21 heavy (non-hydrogen) atoms. The summed E-state index contributed by atoms with van der Waals surface area (Å²) in [6, 6.07) is 2.72. The SMILES string of the molecule is COCCCOCCOc1ncc(Br)cc1CNC1CC1. The highest BCUT2D eigenvalue weighted by atomic mass is 79.9. The molecular formula is C15H23BrN2O3. The van der Waals surface area contributed by atoms with Gasteiger partial charge in [0.15, 0.2) is 0 Å². The lowest BCUT2D eigenvalue weighted by Crippen LogP contribution is -2.17. The van der Waals surface area contributed by atoms with Gasteiger partial charge in [-0.25, -0.2) is 4.98 Å². The Morgan fingerprint density at radius 3 is 2.90 bits per heavy atom. The average Bonchev–Trinajstić information content (AvgIpc) is 3.30. The second kappa shape index (κ2) is 9.35. The molecular weight excluding hydrogens is 336 g/mol. The van der Waals surface area contributed by atoms with Crippen LogP contribution in [0.4, 0.5) is 0 Å². The summed E-state index contributed by atoms with van der Waals surface area (Å²) in [6.07, 6.45) is 5.21. The second-order valence-corrected chi connectivity index (χ2v) is 6.00. The minimum atomic E-state index is 0.512. The van der Waals surface area contributed by atoms with Crippen molar-refractivity contribution in [3.05, 3.63) is 22.3 Å². The summed E-state index contributed by atoms with van der Waals surface area (Å²) < 4.78 is 17.1. The highest BCUT2D eigenvalue weighted by Gasteiger charge is 2.20. The number of pyridine rings is 1. The smallest absolute Gasteiger partial charge is 0.217 e. The molecule has 0 spiro atoms. The summed E-state index contributed by atoms with van der Waals surface area (Å²) in [4.78, 5) is 4.34. The lowest BCUT2D eigenvalue weighted by atomic mass is 10.2. The summed E-state index contributed by atoms with van der Waals surface area (Å²) in [7, 11) is 1.69. The third kappa shape index (κ3) is 6.74. The molecule has 1 aromatic rings. The first-order valence-corrected chi connectivity index (χ1v) is 8.16. The van der Waals surface area contributed by atoms with Crippen LogP contribution < -0.4 is 10.1 Å². The molecule has 1 saturated carbocycles. The van der Waals surface area contributed by atoms with Gasteiger partial charge in [-0.05, 0) is 41.3 Å². The molecule has 1 heterocycles. The van der Waals surface area contributed by atoms with Gasteiger partial charge >= 0.3 is 0 Å². The van der Waals surface area contributed by atoms with Gasteiger partial charge in [-0.15, -0.1) is 0 Å². The predicted octanol–water partition coefficient (Wildman–Crippen LogP) is 2.53. The third-order valence-electron chi connectivity index (χ3n) is 3.15. The Balaban J connectivity index is 1.70. The summed E-state index contributed by atoms with van der Waals surface area (Å²) >= 11 is 3.45. The highest BCUT2D eigenvalue weighted by Crippen LogP contribution is 2.23. The number of nitrogens with one attached hydrogen (secondary N) is 1. The number of methoxy groups -OCH3 is 1. The lowest BCUT2D eigenvalue weighted by Gasteiger charge is -2.11.